The molecule has 0 aromatic carbocycles. The Morgan fingerprint density at radius 2 is 2.29 bits per heavy atom. The van der Waals surface area contributed by atoms with Crippen molar-refractivity contribution in [3.8, 4) is 0 Å². The van der Waals surface area contributed by atoms with E-state index in [1.54, 1.807) is 0 Å². The topological polar surface area (TPSA) is 34.9 Å². The highest BCUT2D eigenvalue weighted by molar-refractivity contribution is 5.96. The molecule has 0 unspecified atom stereocenters. The number of ketones is 1. The normalized spacial score (nSPS) is 16.1. The Kier molecular flexibility index (Phi) is 3.77. The average Bonchev–Trinajstić information content (AvgIpc) is 2.79. The smallest absolute Gasteiger partial charge is 0.164 e. The molecule has 0 spiro atoms. The molecule has 0 aliphatic heterocycles. The molecule has 0 amide bonds. The van der Waals surface area contributed by atoms with Gasteiger partial charge in [-0.3, -0.25) is 9.48 Å². The fraction of sp³-hybridized carbons (Fsp3) is 0.571. The fourth-order valence-electron chi connectivity index (χ4n) is 2.13. The average molecular weight is 232 g/mol. The lowest BCUT2D eigenvalue weighted by Crippen LogP contribution is -2.10. The molecule has 2 rings (SSSR count). The molecule has 1 heterocycles. The predicted octanol–water partition coefficient (Wildman–Crippen LogP) is 3.08. The van der Waals surface area contributed by atoms with Crippen molar-refractivity contribution in [2.24, 2.45) is 0 Å². The number of Topliss-reactive ketones (excluding diaryl/α,β-unsaturated/α-hetero) is 1. The number of hydrogen-bond acceptors (Lipinski definition) is 2. The number of carbonyl (C=O) groups excluding carboxylic acids is 1. The van der Waals surface area contributed by atoms with Crippen LogP contribution >= 0.6 is 0 Å². The number of rotatable bonds is 4. The molecule has 92 valence electrons. The van der Waals surface area contributed by atoms with E-state index in [-0.39, 0.29) is 5.78 Å². The van der Waals surface area contributed by atoms with E-state index >= 15 is 0 Å². The number of hydrogen-bond donors (Lipinski definition) is 0. The number of carbonyl (C=O) groups is 1. The first-order valence-corrected chi connectivity index (χ1v) is 6.43. The molecule has 17 heavy (non-hydrogen) atoms. The molecule has 0 saturated carbocycles. The summed E-state index contributed by atoms with van der Waals surface area (Å²) in [5.41, 5.74) is 1.89. The van der Waals surface area contributed by atoms with Crippen molar-refractivity contribution in [1.82, 2.24) is 9.78 Å². The van der Waals surface area contributed by atoms with Gasteiger partial charge in [0.15, 0.2) is 5.78 Å². The molecular formula is C14H20N2O. The van der Waals surface area contributed by atoms with Gasteiger partial charge in [-0.2, -0.15) is 5.10 Å². The minimum Gasteiger partial charge on any atom is -0.294 e. The Balaban J connectivity index is 2.00. The third kappa shape index (κ3) is 3.05. The van der Waals surface area contributed by atoms with Crippen molar-refractivity contribution in [2.45, 2.75) is 52.0 Å². The van der Waals surface area contributed by atoms with Gasteiger partial charge in [0.2, 0.25) is 0 Å². The van der Waals surface area contributed by atoms with Crippen LogP contribution in [-0.2, 0) is 11.2 Å². The SMILES string of the molecule is CC(C)n1ccc(CC(=O)C2=CCCCC2)n1. The molecule has 3 nitrogen and oxygen atoms in total. The summed E-state index contributed by atoms with van der Waals surface area (Å²) in [6.07, 6.45) is 8.88. The zero-order chi connectivity index (χ0) is 12.3. The zero-order valence-corrected chi connectivity index (χ0v) is 10.6. The summed E-state index contributed by atoms with van der Waals surface area (Å²) in [7, 11) is 0. The van der Waals surface area contributed by atoms with Gasteiger partial charge >= 0.3 is 0 Å². The van der Waals surface area contributed by atoms with Crippen LogP contribution in [0.3, 0.4) is 0 Å². The second kappa shape index (κ2) is 5.30. The van der Waals surface area contributed by atoms with Crippen LogP contribution in [0.1, 0.15) is 51.3 Å². The van der Waals surface area contributed by atoms with Crippen LogP contribution in [0.25, 0.3) is 0 Å². The van der Waals surface area contributed by atoms with Gasteiger partial charge in [-0.15, -0.1) is 0 Å². The van der Waals surface area contributed by atoms with Gasteiger partial charge in [0, 0.05) is 12.2 Å². The van der Waals surface area contributed by atoms with Gasteiger partial charge < -0.3 is 0 Å². The molecule has 1 aliphatic carbocycles. The minimum atomic E-state index is 0.249. The molecule has 1 aromatic heterocycles. The lowest BCUT2D eigenvalue weighted by molar-refractivity contribution is -0.115. The Morgan fingerprint density at radius 1 is 1.47 bits per heavy atom. The number of aromatic nitrogens is 2. The van der Waals surface area contributed by atoms with Crippen LogP contribution in [0.2, 0.25) is 0 Å². The van der Waals surface area contributed by atoms with Gasteiger partial charge in [-0.25, -0.2) is 0 Å². The second-order valence-electron chi connectivity index (χ2n) is 4.96. The highest BCUT2D eigenvalue weighted by Crippen LogP contribution is 2.19. The van der Waals surface area contributed by atoms with E-state index in [1.807, 2.05) is 16.9 Å². The molecule has 0 fully saturated rings. The lowest BCUT2D eigenvalue weighted by Gasteiger charge is -2.10. The first-order valence-electron chi connectivity index (χ1n) is 6.43. The van der Waals surface area contributed by atoms with Gasteiger partial charge in [0.25, 0.3) is 0 Å². The minimum absolute atomic E-state index is 0.249. The maximum atomic E-state index is 12.0. The zero-order valence-electron chi connectivity index (χ0n) is 10.6. The monoisotopic (exact) mass is 232 g/mol. The summed E-state index contributed by atoms with van der Waals surface area (Å²) < 4.78 is 1.90. The molecule has 0 bridgehead atoms. The van der Waals surface area contributed by atoms with E-state index < -0.39 is 0 Å². The van der Waals surface area contributed by atoms with Crippen LogP contribution in [0.15, 0.2) is 23.9 Å². The molecule has 1 aromatic rings. The van der Waals surface area contributed by atoms with E-state index in [2.05, 4.69) is 25.0 Å². The van der Waals surface area contributed by atoms with E-state index in [1.165, 1.54) is 6.42 Å². The van der Waals surface area contributed by atoms with Crippen molar-refractivity contribution < 1.29 is 4.79 Å². The quantitative estimate of drug-likeness (QED) is 0.799. The second-order valence-corrected chi connectivity index (χ2v) is 4.96. The standard InChI is InChI=1S/C14H20N2O/c1-11(2)16-9-8-13(15-16)10-14(17)12-6-4-3-5-7-12/h6,8-9,11H,3-5,7,10H2,1-2H3. The number of nitrogens with zero attached hydrogens (tertiary/aromatic N) is 2. The maximum absolute atomic E-state index is 12.0. The van der Waals surface area contributed by atoms with Crippen molar-refractivity contribution in [3.05, 3.63) is 29.6 Å². The summed E-state index contributed by atoms with van der Waals surface area (Å²) >= 11 is 0. The molecule has 0 atom stereocenters. The lowest BCUT2D eigenvalue weighted by atomic mass is 9.94. The van der Waals surface area contributed by atoms with Crippen LogP contribution in [-0.4, -0.2) is 15.6 Å². The summed E-state index contributed by atoms with van der Waals surface area (Å²) in [6.45, 7) is 4.17. The van der Waals surface area contributed by atoms with Crippen LogP contribution in [0.4, 0.5) is 0 Å². The molecular weight excluding hydrogens is 212 g/mol. The van der Waals surface area contributed by atoms with E-state index in [9.17, 15) is 4.79 Å². The third-order valence-electron chi connectivity index (χ3n) is 3.18. The van der Waals surface area contributed by atoms with Gasteiger partial charge in [-0.05, 0) is 51.2 Å². The first-order chi connectivity index (χ1) is 8.16. The molecule has 1 aliphatic rings. The first kappa shape index (κ1) is 12.1. The Hall–Kier alpha value is -1.38. The maximum Gasteiger partial charge on any atom is 0.164 e. The molecule has 0 radical (unpaired) electrons. The Bertz CT molecular complexity index is 429. The highest BCUT2D eigenvalue weighted by Gasteiger charge is 2.14. The van der Waals surface area contributed by atoms with Gasteiger partial charge in [-0.1, -0.05) is 6.08 Å². The van der Waals surface area contributed by atoms with E-state index in [0.717, 1.165) is 30.5 Å². The van der Waals surface area contributed by atoms with Crippen molar-refractivity contribution in [1.29, 1.82) is 0 Å². The van der Waals surface area contributed by atoms with Gasteiger partial charge in [0.1, 0.15) is 0 Å². The predicted molar refractivity (Wildman–Crippen MR) is 67.9 cm³/mol. The van der Waals surface area contributed by atoms with Gasteiger partial charge in [0.05, 0.1) is 12.1 Å². The summed E-state index contributed by atoms with van der Waals surface area (Å²) in [4.78, 5) is 12.0. The van der Waals surface area contributed by atoms with Crippen LogP contribution in [0.5, 0.6) is 0 Å². The number of allylic oxidation sites excluding steroid dienone is 2. The Labute approximate surface area is 103 Å². The molecule has 3 heteroatoms. The molecule has 0 N–H and O–H groups in total. The summed E-state index contributed by atoms with van der Waals surface area (Å²) in [5.74, 6) is 0.249. The van der Waals surface area contributed by atoms with E-state index in [0.29, 0.717) is 12.5 Å². The van der Waals surface area contributed by atoms with Crippen LogP contribution in [0, 0.1) is 0 Å². The van der Waals surface area contributed by atoms with Crippen molar-refractivity contribution >= 4 is 5.78 Å². The van der Waals surface area contributed by atoms with Crippen molar-refractivity contribution in [2.75, 3.05) is 0 Å². The van der Waals surface area contributed by atoms with E-state index in [4.69, 9.17) is 0 Å². The Morgan fingerprint density at radius 3 is 2.88 bits per heavy atom. The fourth-order valence-corrected chi connectivity index (χ4v) is 2.13. The molecule has 0 saturated heterocycles. The summed E-state index contributed by atoms with van der Waals surface area (Å²) in [6, 6.07) is 2.30. The van der Waals surface area contributed by atoms with Crippen LogP contribution < -0.4 is 0 Å². The van der Waals surface area contributed by atoms with Crippen molar-refractivity contribution in [3.63, 3.8) is 0 Å². The largest absolute Gasteiger partial charge is 0.294 e. The third-order valence-corrected chi connectivity index (χ3v) is 3.18. The summed E-state index contributed by atoms with van der Waals surface area (Å²) in [5, 5.41) is 4.41. The highest BCUT2D eigenvalue weighted by atomic mass is 16.1.